The number of aromatic nitrogens is 1. The molecule has 318 valence electrons. The number of furan rings is 1. The summed E-state index contributed by atoms with van der Waals surface area (Å²) in [5.41, 5.74) is 17.6. The van der Waals surface area contributed by atoms with Crippen molar-refractivity contribution in [1.82, 2.24) is 4.57 Å². The van der Waals surface area contributed by atoms with Crippen molar-refractivity contribution < 1.29 is 4.42 Å². The van der Waals surface area contributed by atoms with Crippen LogP contribution in [0.3, 0.4) is 0 Å². The maximum Gasteiger partial charge on any atom is 0.159 e. The fourth-order valence-corrected chi connectivity index (χ4v) is 11.5. The van der Waals surface area contributed by atoms with Gasteiger partial charge in [-0.1, -0.05) is 194 Å². The van der Waals surface area contributed by atoms with Gasteiger partial charge in [0.05, 0.1) is 22.1 Å². The molecular weight excluding hydrogens is 825 g/mol. The van der Waals surface area contributed by atoms with E-state index in [-0.39, 0.29) is 0 Å². The van der Waals surface area contributed by atoms with Gasteiger partial charge < -0.3 is 13.9 Å². The minimum absolute atomic E-state index is 0.550. The van der Waals surface area contributed by atoms with E-state index in [9.17, 15) is 0 Å². The first-order valence-corrected chi connectivity index (χ1v) is 23.4. The van der Waals surface area contributed by atoms with Crippen molar-refractivity contribution in [2.45, 2.75) is 5.41 Å². The summed E-state index contributed by atoms with van der Waals surface area (Å²) in [6.07, 6.45) is 0. The number of rotatable bonds is 7. The maximum absolute atomic E-state index is 7.11. The van der Waals surface area contributed by atoms with Gasteiger partial charge in [-0.3, -0.25) is 0 Å². The Balaban J connectivity index is 0.989. The van der Waals surface area contributed by atoms with Crippen molar-refractivity contribution in [3.63, 3.8) is 0 Å². The summed E-state index contributed by atoms with van der Waals surface area (Å²) in [4.78, 5) is 2.40. The Labute approximate surface area is 394 Å². The Morgan fingerprint density at radius 3 is 1.74 bits per heavy atom. The number of hydrogen-bond donors (Lipinski definition) is 0. The second kappa shape index (κ2) is 15.1. The fourth-order valence-electron chi connectivity index (χ4n) is 11.5. The van der Waals surface area contributed by atoms with Gasteiger partial charge in [-0.15, -0.1) is 0 Å². The molecule has 0 saturated heterocycles. The van der Waals surface area contributed by atoms with E-state index in [1.807, 2.05) is 0 Å². The van der Waals surface area contributed by atoms with Gasteiger partial charge in [-0.05, 0) is 111 Å². The molecule has 0 spiro atoms. The molecule has 14 rings (SSSR count). The van der Waals surface area contributed by atoms with Gasteiger partial charge in [0, 0.05) is 44.0 Å². The quantitative estimate of drug-likeness (QED) is 0.159. The number of hydrogen-bond acceptors (Lipinski definition) is 2. The van der Waals surface area contributed by atoms with Crippen molar-refractivity contribution in [2.75, 3.05) is 4.90 Å². The first-order valence-electron chi connectivity index (χ1n) is 23.4. The molecule has 2 heterocycles. The third kappa shape index (κ3) is 5.60. The van der Waals surface area contributed by atoms with Gasteiger partial charge in [-0.25, -0.2) is 0 Å². The van der Waals surface area contributed by atoms with E-state index in [1.165, 1.54) is 55.2 Å². The molecule has 0 amide bonds. The predicted molar refractivity (Wildman–Crippen MR) is 283 cm³/mol. The van der Waals surface area contributed by atoms with Crippen LogP contribution in [0.4, 0.5) is 17.1 Å². The summed E-state index contributed by atoms with van der Waals surface area (Å²) in [5, 5.41) is 6.95. The van der Waals surface area contributed by atoms with Crippen LogP contribution in [0, 0.1) is 0 Å². The van der Waals surface area contributed by atoms with Crippen molar-refractivity contribution in [1.29, 1.82) is 0 Å². The molecule has 1 aliphatic rings. The Bertz CT molecular complexity index is 4030. The molecule has 3 heteroatoms. The normalized spacial score (nSPS) is 12.8. The van der Waals surface area contributed by atoms with Crippen LogP contribution in [-0.2, 0) is 5.41 Å². The van der Waals surface area contributed by atoms with E-state index in [1.54, 1.807) is 0 Å². The lowest BCUT2D eigenvalue weighted by Crippen LogP contribution is -2.28. The van der Waals surface area contributed by atoms with E-state index >= 15 is 0 Å². The summed E-state index contributed by atoms with van der Waals surface area (Å²) in [6.45, 7) is 0. The third-order valence-electron chi connectivity index (χ3n) is 14.5. The summed E-state index contributed by atoms with van der Waals surface area (Å²) < 4.78 is 9.49. The minimum Gasteiger partial charge on any atom is -0.453 e. The molecule has 0 bridgehead atoms. The van der Waals surface area contributed by atoms with Crippen LogP contribution in [-0.4, -0.2) is 4.57 Å². The summed E-state index contributed by atoms with van der Waals surface area (Å²) in [6, 6.07) is 93.0. The monoisotopic (exact) mass is 866 g/mol. The standard InChI is InChI=1S/C65H42N2O/c1-4-18-46(19-5-1)65(47-20-6-2-7-21-47)58-28-14-12-25-52(58)53-40-37-50(42-59(53)65)66(61-30-16-27-56-57-39-33-44-17-10-11-24-51(44)63(57)68-64(56)61)49-35-31-43(32-36-49)45-34-38-55-54-26-13-15-29-60(54)67(62(55)41-45)48-22-8-3-9-23-48/h1-42H. The summed E-state index contributed by atoms with van der Waals surface area (Å²) in [5.74, 6) is 0. The van der Waals surface area contributed by atoms with Crippen LogP contribution in [0.5, 0.6) is 0 Å². The summed E-state index contributed by atoms with van der Waals surface area (Å²) in [7, 11) is 0. The van der Waals surface area contributed by atoms with Crippen LogP contribution in [0.15, 0.2) is 259 Å². The molecule has 0 atom stereocenters. The Kier molecular flexibility index (Phi) is 8.50. The zero-order valence-electron chi connectivity index (χ0n) is 37.1. The van der Waals surface area contributed by atoms with Crippen LogP contribution in [0.1, 0.15) is 22.3 Å². The highest BCUT2D eigenvalue weighted by molar-refractivity contribution is 6.17. The topological polar surface area (TPSA) is 21.3 Å². The first kappa shape index (κ1) is 38.4. The number of fused-ring (bicyclic) bond motifs is 11. The fraction of sp³-hybridized carbons (Fsp3) is 0.0154. The highest BCUT2D eigenvalue weighted by Gasteiger charge is 2.46. The molecule has 2 aromatic heterocycles. The van der Waals surface area contributed by atoms with Crippen molar-refractivity contribution >= 4 is 71.6 Å². The molecule has 3 nitrogen and oxygen atoms in total. The minimum atomic E-state index is -0.550. The average Bonchev–Trinajstić information content (AvgIpc) is 4.06. The van der Waals surface area contributed by atoms with Gasteiger partial charge in [0.1, 0.15) is 5.58 Å². The first-order chi connectivity index (χ1) is 33.7. The Morgan fingerprint density at radius 1 is 0.353 bits per heavy atom. The molecule has 0 fully saturated rings. The molecule has 0 radical (unpaired) electrons. The number of para-hydroxylation sites is 3. The molecule has 0 saturated carbocycles. The summed E-state index contributed by atoms with van der Waals surface area (Å²) >= 11 is 0. The van der Waals surface area contributed by atoms with Crippen LogP contribution < -0.4 is 4.90 Å². The largest absolute Gasteiger partial charge is 0.453 e. The van der Waals surface area contributed by atoms with E-state index in [0.717, 1.165) is 66.6 Å². The SMILES string of the molecule is c1ccc(-n2c3ccccc3c3ccc(-c4ccc(N(c5ccc6c(c5)C(c5ccccc5)(c5ccccc5)c5ccccc5-6)c5cccc6c5oc5c7ccccc7ccc65)cc4)cc32)cc1. The van der Waals surface area contributed by atoms with Gasteiger partial charge in [0.15, 0.2) is 5.58 Å². The molecule has 0 N–H and O–H groups in total. The molecular formula is C65H42N2O. The molecule has 1 aliphatic carbocycles. The number of anilines is 3. The van der Waals surface area contributed by atoms with E-state index < -0.39 is 5.41 Å². The lowest BCUT2D eigenvalue weighted by Gasteiger charge is -2.35. The maximum atomic E-state index is 7.11. The lowest BCUT2D eigenvalue weighted by molar-refractivity contribution is 0.673. The molecule has 11 aromatic carbocycles. The smallest absolute Gasteiger partial charge is 0.159 e. The zero-order chi connectivity index (χ0) is 44.8. The number of benzene rings is 11. The third-order valence-corrected chi connectivity index (χ3v) is 14.5. The number of nitrogens with zero attached hydrogens (tertiary/aromatic N) is 2. The molecule has 13 aromatic rings. The van der Waals surface area contributed by atoms with Crippen molar-refractivity contribution in [3.05, 3.63) is 277 Å². The lowest BCUT2D eigenvalue weighted by atomic mass is 9.67. The second-order valence-electron chi connectivity index (χ2n) is 18.0. The van der Waals surface area contributed by atoms with E-state index in [4.69, 9.17) is 4.42 Å². The Morgan fingerprint density at radius 2 is 0.941 bits per heavy atom. The van der Waals surface area contributed by atoms with E-state index in [2.05, 4.69) is 264 Å². The van der Waals surface area contributed by atoms with Crippen LogP contribution in [0.2, 0.25) is 0 Å². The predicted octanol–water partition coefficient (Wildman–Crippen LogP) is 17.3. The zero-order valence-corrected chi connectivity index (χ0v) is 37.1. The van der Waals surface area contributed by atoms with Gasteiger partial charge in [0.25, 0.3) is 0 Å². The van der Waals surface area contributed by atoms with Crippen LogP contribution >= 0.6 is 0 Å². The van der Waals surface area contributed by atoms with Gasteiger partial charge >= 0.3 is 0 Å². The van der Waals surface area contributed by atoms with Crippen LogP contribution in [0.25, 0.3) is 82.5 Å². The van der Waals surface area contributed by atoms with Crippen molar-refractivity contribution in [2.24, 2.45) is 0 Å². The average molecular weight is 867 g/mol. The molecule has 0 unspecified atom stereocenters. The van der Waals surface area contributed by atoms with Crippen molar-refractivity contribution in [3.8, 4) is 27.9 Å². The Hall–Kier alpha value is -8.92. The molecule has 0 aliphatic heterocycles. The van der Waals surface area contributed by atoms with E-state index in [0.29, 0.717) is 0 Å². The highest BCUT2D eigenvalue weighted by Crippen LogP contribution is 2.57. The highest BCUT2D eigenvalue weighted by atomic mass is 16.3. The second-order valence-corrected chi connectivity index (χ2v) is 18.0. The molecule has 68 heavy (non-hydrogen) atoms. The van der Waals surface area contributed by atoms with Gasteiger partial charge in [-0.2, -0.15) is 0 Å². The van der Waals surface area contributed by atoms with Gasteiger partial charge in [0.2, 0.25) is 0 Å².